The molecule has 1 fully saturated rings. The van der Waals surface area contributed by atoms with E-state index in [2.05, 4.69) is 5.32 Å². The second-order valence-electron chi connectivity index (χ2n) is 6.20. The van der Waals surface area contributed by atoms with E-state index in [4.69, 9.17) is 5.73 Å². The van der Waals surface area contributed by atoms with E-state index in [-0.39, 0.29) is 41.7 Å². The van der Waals surface area contributed by atoms with Gasteiger partial charge in [0, 0.05) is 31.2 Å². The van der Waals surface area contributed by atoms with Crippen molar-refractivity contribution < 1.29 is 14.0 Å². The molecule has 3 rings (SSSR count). The molecule has 126 valence electrons. The molecule has 3 N–H and O–H groups in total. The van der Waals surface area contributed by atoms with Crippen LogP contribution in [0.5, 0.6) is 0 Å². The molecule has 0 bridgehead atoms. The maximum Gasteiger partial charge on any atom is 0.256 e. The summed E-state index contributed by atoms with van der Waals surface area (Å²) in [5.74, 6) is -0.732. The maximum absolute atomic E-state index is 14.2. The largest absolute Gasteiger partial charge is 0.338 e. The molecule has 23 heavy (non-hydrogen) atoms. The number of halogens is 2. The molecule has 1 aromatic carbocycles. The van der Waals surface area contributed by atoms with Crippen LogP contribution in [-0.2, 0) is 11.2 Å². The van der Waals surface area contributed by atoms with Crippen LogP contribution < -0.4 is 11.1 Å². The number of hydrogen-bond acceptors (Lipinski definition) is 3. The number of hydrogen-bond donors (Lipinski definition) is 2. The molecule has 2 aliphatic heterocycles. The van der Waals surface area contributed by atoms with Crippen LogP contribution in [0.4, 0.5) is 10.1 Å². The Labute approximate surface area is 140 Å². The number of aryl methyl sites for hydroxylation is 1. The minimum Gasteiger partial charge on any atom is -0.338 e. The number of nitrogens with one attached hydrogen (secondary N) is 1. The van der Waals surface area contributed by atoms with Crippen molar-refractivity contribution in [2.45, 2.75) is 32.2 Å². The van der Waals surface area contributed by atoms with Crippen molar-refractivity contribution >= 4 is 29.9 Å². The lowest BCUT2D eigenvalue weighted by Crippen LogP contribution is -2.33. The Kier molecular flexibility index (Phi) is 5.26. The molecular weight excluding hydrogens is 321 g/mol. The molecule has 2 amide bonds. The number of nitrogens with two attached hydrogens (primary N) is 1. The molecule has 5 nitrogen and oxygen atoms in total. The van der Waals surface area contributed by atoms with Crippen LogP contribution in [0.2, 0.25) is 0 Å². The number of amides is 2. The van der Waals surface area contributed by atoms with Crippen molar-refractivity contribution in [3.63, 3.8) is 0 Å². The second kappa shape index (κ2) is 6.84. The highest BCUT2D eigenvalue weighted by Gasteiger charge is 2.31. The molecule has 7 heteroatoms. The number of anilines is 1. The average Bonchev–Trinajstić information content (AvgIpc) is 2.95. The molecule has 2 heterocycles. The van der Waals surface area contributed by atoms with Crippen LogP contribution in [0.1, 0.15) is 35.7 Å². The first-order valence-corrected chi connectivity index (χ1v) is 7.63. The topological polar surface area (TPSA) is 75.4 Å². The Morgan fingerprint density at radius 1 is 1.43 bits per heavy atom. The Balaban J connectivity index is 0.00000192. The van der Waals surface area contributed by atoms with Gasteiger partial charge in [-0.2, -0.15) is 0 Å². The Bertz CT molecular complexity index is 636. The Morgan fingerprint density at radius 2 is 2.17 bits per heavy atom. The fraction of sp³-hybridized carbons (Fsp3) is 0.500. The summed E-state index contributed by atoms with van der Waals surface area (Å²) in [4.78, 5) is 25.6. The summed E-state index contributed by atoms with van der Waals surface area (Å²) in [6.07, 6.45) is 1.75. The average molecular weight is 342 g/mol. The normalized spacial score (nSPS) is 21.3. The molecule has 0 aliphatic carbocycles. The van der Waals surface area contributed by atoms with Crippen molar-refractivity contribution in [3.05, 3.63) is 29.1 Å². The molecule has 0 radical (unpaired) electrons. The third-order valence-corrected chi connectivity index (χ3v) is 4.57. The molecule has 2 unspecified atom stereocenters. The number of carbonyl (C=O) groups is 2. The number of nitrogens with zero attached hydrogens (tertiary/aromatic N) is 1. The van der Waals surface area contributed by atoms with Gasteiger partial charge >= 0.3 is 0 Å². The highest BCUT2D eigenvalue weighted by Crippen LogP contribution is 2.28. The molecular formula is C16H21ClFN3O2. The van der Waals surface area contributed by atoms with Gasteiger partial charge in [-0.3, -0.25) is 9.59 Å². The van der Waals surface area contributed by atoms with Crippen LogP contribution >= 0.6 is 12.4 Å². The maximum atomic E-state index is 14.2. The summed E-state index contributed by atoms with van der Waals surface area (Å²) >= 11 is 0. The monoisotopic (exact) mass is 341 g/mol. The van der Waals surface area contributed by atoms with Crippen LogP contribution in [0.15, 0.2) is 12.1 Å². The lowest BCUT2D eigenvalue weighted by atomic mass is 9.99. The zero-order chi connectivity index (χ0) is 15.9. The van der Waals surface area contributed by atoms with Gasteiger partial charge in [-0.25, -0.2) is 4.39 Å². The van der Waals surface area contributed by atoms with Crippen molar-refractivity contribution in [1.82, 2.24) is 4.90 Å². The number of carbonyl (C=O) groups excluding carboxylic acids is 2. The van der Waals surface area contributed by atoms with Gasteiger partial charge in [-0.1, -0.05) is 0 Å². The summed E-state index contributed by atoms with van der Waals surface area (Å²) in [7, 11) is 0. The zero-order valence-corrected chi connectivity index (χ0v) is 13.8. The van der Waals surface area contributed by atoms with Crippen LogP contribution in [-0.4, -0.2) is 35.8 Å². The van der Waals surface area contributed by atoms with Crippen molar-refractivity contribution in [3.8, 4) is 0 Å². The van der Waals surface area contributed by atoms with Gasteiger partial charge in [0.05, 0.1) is 5.56 Å². The minimum atomic E-state index is -0.588. The third-order valence-electron chi connectivity index (χ3n) is 4.57. The van der Waals surface area contributed by atoms with E-state index < -0.39 is 5.82 Å². The SMILES string of the molecule is CC(N)C1CCN(C(=O)c2cc3c(cc2F)NC(=O)CC3)C1.Cl. The molecule has 1 saturated heterocycles. The van der Waals surface area contributed by atoms with Crippen LogP contribution in [0.3, 0.4) is 0 Å². The van der Waals surface area contributed by atoms with E-state index in [9.17, 15) is 14.0 Å². The smallest absolute Gasteiger partial charge is 0.256 e. The van der Waals surface area contributed by atoms with Gasteiger partial charge in [0.25, 0.3) is 5.91 Å². The van der Waals surface area contributed by atoms with E-state index in [0.717, 1.165) is 12.0 Å². The summed E-state index contributed by atoms with van der Waals surface area (Å²) in [5.41, 5.74) is 7.25. The predicted octanol–water partition coefficient (Wildman–Crippen LogP) is 1.94. The van der Waals surface area contributed by atoms with E-state index in [0.29, 0.717) is 31.6 Å². The fourth-order valence-corrected chi connectivity index (χ4v) is 3.14. The van der Waals surface area contributed by atoms with E-state index in [1.807, 2.05) is 6.92 Å². The van der Waals surface area contributed by atoms with Gasteiger partial charge in [0.1, 0.15) is 5.82 Å². The first kappa shape index (κ1) is 17.7. The number of fused-ring (bicyclic) bond motifs is 1. The fourth-order valence-electron chi connectivity index (χ4n) is 3.14. The third kappa shape index (κ3) is 3.48. The van der Waals surface area contributed by atoms with Crippen molar-refractivity contribution in [2.24, 2.45) is 11.7 Å². The van der Waals surface area contributed by atoms with Gasteiger partial charge in [-0.05, 0) is 43.4 Å². The van der Waals surface area contributed by atoms with Crippen molar-refractivity contribution in [2.75, 3.05) is 18.4 Å². The summed E-state index contributed by atoms with van der Waals surface area (Å²) < 4.78 is 14.2. The highest BCUT2D eigenvalue weighted by atomic mass is 35.5. The molecule has 0 spiro atoms. The first-order valence-electron chi connectivity index (χ1n) is 7.63. The Hall–Kier alpha value is -1.66. The predicted molar refractivity (Wildman–Crippen MR) is 88.3 cm³/mol. The number of rotatable bonds is 2. The van der Waals surface area contributed by atoms with Crippen LogP contribution in [0.25, 0.3) is 0 Å². The van der Waals surface area contributed by atoms with E-state index >= 15 is 0 Å². The minimum absolute atomic E-state index is 0. The van der Waals surface area contributed by atoms with E-state index in [1.165, 1.54) is 6.07 Å². The lowest BCUT2D eigenvalue weighted by Gasteiger charge is -2.21. The molecule has 2 aliphatic rings. The van der Waals surface area contributed by atoms with E-state index in [1.54, 1.807) is 11.0 Å². The Morgan fingerprint density at radius 3 is 2.83 bits per heavy atom. The van der Waals surface area contributed by atoms with Gasteiger partial charge in [0.2, 0.25) is 5.91 Å². The number of likely N-dealkylation sites (tertiary alicyclic amines) is 1. The molecule has 0 saturated carbocycles. The molecule has 0 aromatic heterocycles. The van der Waals surface area contributed by atoms with Gasteiger partial charge in [-0.15, -0.1) is 12.4 Å². The van der Waals surface area contributed by atoms with Crippen molar-refractivity contribution in [1.29, 1.82) is 0 Å². The summed E-state index contributed by atoms with van der Waals surface area (Å²) in [5, 5.41) is 2.64. The summed E-state index contributed by atoms with van der Waals surface area (Å²) in [6.45, 7) is 3.11. The van der Waals surface area contributed by atoms with Gasteiger partial charge < -0.3 is 16.0 Å². The standard InChI is InChI=1S/C16H20FN3O2.ClH/c1-9(18)11-4-5-20(8-11)16(22)12-6-10-2-3-15(21)19-14(10)7-13(12)17;/h6-7,9,11H,2-5,8,18H2,1H3,(H,19,21);1H. The summed E-state index contributed by atoms with van der Waals surface area (Å²) in [6, 6.07) is 2.85. The second-order valence-corrected chi connectivity index (χ2v) is 6.20. The lowest BCUT2D eigenvalue weighted by molar-refractivity contribution is -0.116. The number of benzene rings is 1. The first-order chi connectivity index (χ1) is 10.5. The van der Waals surface area contributed by atoms with Crippen LogP contribution in [0, 0.1) is 11.7 Å². The zero-order valence-electron chi connectivity index (χ0n) is 13.0. The highest BCUT2D eigenvalue weighted by molar-refractivity contribution is 5.98. The molecule has 1 aromatic rings. The quantitative estimate of drug-likeness (QED) is 0.863. The van der Waals surface area contributed by atoms with Gasteiger partial charge in [0.15, 0.2) is 0 Å². The molecule has 2 atom stereocenters.